The van der Waals surface area contributed by atoms with Crippen LogP contribution in [0.25, 0.3) is 11.5 Å². The maximum atomic E-state index is 12.7. The summed E-state index contributed by atoms with van der Waals surface area (Å²) >= 11 is 0. The maximum absolute atomic E-state index is 12.7. The van der Waals surface area contributed by atoms with E-state index in [0.29, 0.717) is 11.5 Å². The van der Waals surface area contributed by atoms with Crippen LogP contribution < -0.4 is 4.74 Å². The first-order chi connectivity index (χ1) is 10.6. The molecular weight excluding hydrogens is 295 g/mol. The van der Waals surface area contributed by atoms with Gasteiger partial charge in [-0.3, -0.25) is 0 Å². The molecule has 2 aromatic carbocycles. The molecule has 0 aromatic heterocycles. The molecule has 1 atom stereocenters. The topological polar surface area (TPSA) is 35.5 Å². The second-order valence-electron chi connectivity index (χ2n) is 5.24. The van der Waals surface area contributed by atoms with E-state index in [-0.39, 0.29) is 0 Å². The van der Waals surface area contributed by atoms with Crippen LogP contribution >= 0.6 is 7.14 Å². The van der Waals surface area contributed by atoms with Gasteiger partial charge in [-0.15, -0.1) is 0 Å². The van der Waals surface area contributed by atoms with E-state index in [2.05, 4.69) is 0 Å². The van der Waals surface area contributed by atoms with Crippen LogP contribution in [0, 0.1) is 0 Å². The van der Waals surface area contributed by atoms with Crippen LogP contribution in [0.2, 0.25) is 0 Å². The first-order valence-electron chi connectivity index (χ1n) is 6.98. The number of methoxy groups -OCH3 is 1. The van der Waals surface area contributed by atoms with Crippen molar-refractivity contribution in [3.63, 3.8) is 0 Å². The van der Waals surface area contributed by atoms with Gasteiger partial charge in [-0.1, -0.05) is 30.3 Å². The van der Waals surface area contributed by atoms with Crippen molar-refractivity contribution in [3.05, 3.63) is 77.4 Å². The van der Waals surface area contributed by atoms with Crippen LogP contribution in [0.15, 0.2) is 66.2 Å². The Morgan fingerprint density at radius 1 is 0.864 bits per heavy atom. The Kier molecular flexibility index (Phi) is 3.91. The third kappa shape index (κ3) is 3.15. The summed E-state index contributed by atoms with van der Waals surface area (Å²) in [7, 11) is -0.902. The summed E-state index contributed by atoms with van der Waals surface area (Å²) in [6.45, 7) is 1.74. The van der Waals surface area contributed by atoms with Crippen molar-refractivity contribution in [1.29, 1.82) is 0 Å². The maximum Gasteiger partial charge on any atom is 0.138 e. The Morgan fingerprint density at radius 3 is 1.95 bits per heavy atom. The molecule has 3 nitrogen and oxygen atoms in total. The van der Waals surface area contributed by atoms with Gasteiger partial charge in [0.1, 0.15) is 24.4 Å². The van der Waals surface area contributed by atoms with Gasteiger partial charge in [0, 0.05) is 22.8 Å². The third-order valence-corrected chi connectivity index (χ3v) is 4.89. The predicted octanol–water partition coefficient (Wildman–Crippen LogP) is 5.02. The molecule has 0 amide bonds. The summed E-state index contributed by atoms with van der Waals surface area (Å²) in [6, 6.07) is 17.2. The zero-order valence-corrected chi connectivity index (χ0v) is 13.4. The quantitative estimate of drug-likeness (QED) is 0.747. The minimum absolute atomic E-state index is 0.620. The van der Waals surface area contributed by atoms with Crippen LogP contribution in [-0.2, 0) is 9.30 Å². The molecule has 0 aliphatic carbocycles. The fourth-order valence-electron chi connectivity index (χ4n) is 2.30. The molecule has 1 unspecified atom stereocenters. The molecule has 0 fully saturated rings. The molecular formula is C18H17O3P. The number of rotatable bonds is 3. The van der Waals surface area contributed by atoms with Crippen LogP contribution in [0.3, 0.4) is 0 Å². The van der Waals surface area contributed by atoms with Crippen molar-refractivity contribution in [3.8, 4) is 5.75 Å². The summed E-state index contributed by atoms with van der Waals surface area (Å²) in [5.74, 6) is 5.46. The van der Waals surface area contributed by atoms with Gasteiger partial charge in [0.05, 0.1) is 7.11 Å². The zero-order valence-electron chi connectivity index (χ0n) is 12.5. The lowest BCUT2D eigenvalue weighted by Gasteiger charge is -2.20. The van der Waals surface area contributed by atoms with Gasteiger partial charge in [0.15, 0.2) is 0 Å². The van der Waals surface area contributed by atoms with Crippen molar-refractivity contribution in [1.82, 2.24) is 0 Å². The monoisotopic (exact) mass is 312 g/mol. The van der Waals surface area contributed by atoms with Crippen molar-refractivity contribution < 1.29 is 14.0 Å². The van der Waals surface area contributed by atoms with Gasteiger partial charge in [0.25, 0.3) is 0 Å². The van der Waals surface area contributed by atoms with E-state index >= 15 is 0 Å². The van der Waals surface area contributed by atoms with Crippen molar-refractivity contribution >= 4 is 18.7 Å². The van der Waals surface area contributed by atoms with Crippen molar-refractivity contribution in [2.45, 2.75) is 0 Å². The van der Waals surface area contributed by atoms with Gasteiger partial charge in [-0.2, -0.15) is 0 Å². The van der Waals surface area contributed by atoms with E-state index in [4.69, 9.17) is 9.47 Å². The summed E-state index contributed by atoms with van der Waals surface area (Å²) in [6.07, 6.45) is 0. The lowest BCUT2D eigenvalue weighted by molar-refractivity contribution is 0.414. The highest BCUT2D eigenvalue weighted by Gasteiger charge is 2.22. The second kappa shape index (κ2) is 5.86. The van der Waals surface area contributed by atoms with Gasteiger partial charge < -0.3 is 14.0 Å². The fraction of sp³-hybridized carbons (Fsp3) is 0.111. The molecule has 0 bridgehead atoms. The van der Waals surface area contributed by atoms with E-state index in [9.17, 15) is 4.57 Å². The van der Waals surface area contributed by atoms with E-state index in [1.54, 1.807) is 25.4 Å². The molecule has 0 radical (unpaired) electrons. The Bertz CT molecular complexity index is 774. The average molecular weight is 312 g/mol. The van der Waals surface area contributed by atoms with Gasteiger partial charge in [-0.05, 0) is 30.9 Å². The molecule has 2 aromatic rings. The van der Waals surface area contributed by atoms with E-state index in [1.807, 2.05) is 54.6 Å². The molecule has 0 N–H and O–H groups in total. The Hall–Kier alpha value is -2.25. The Balaban J connectivity index is 1.96. The van der Waals surface area contributed by atoms with Crippen molar-refractivity contribution in [2.75, 3.05) is 13.8 Å². The van der Waals surface area contributed by atoms with Gasteiger partial charge in [0.2, 0.25) is 0 Å². The van der Waals surface area contributed by atoms with E-state index in [0.717, 1.165) is 16.9 Å². The second-order valence-corrected chi connectivity index (χ2v) is 7.88. The van der Waals surface area contributed by atoms with E-state index in [1.165, 1.54) is 0 Å². The summed E-state index contributed by atoms with van der Waals surface area (Å²) in [5, 5.41) is 0. The molecule has 0 spiro atoms. The Morgan fingerprint density at radius 2 is 1.41 bits per heavy atom. The number of hydrogen-bond acceptors (Lipinski definition) is 3. The minimum Gasteiger partial charge on any atom is -0.497 e. The van der Waals surface area contributed by atoms with Crippen LogP contribution in [0.4, 0.5) is 0 Å². The number of ether oxygens (including phenoxy) is 2. The molecule has 1 heterocycles. The minimum atomic E-state index is -2.53. The summed E-state index contributed by atoms with van der Waals surface area (Å²) in [5.41, 5.74) is 1.80. The third-order valence-electron chi connectivity index (χ3n) is 3.40. The smallest absolute Gasteiger partial charge is 0.138 e. The Labute approximate surface area is 130 Å². The van der Waals surface area contributed by atoms with Gasteiger partial charge >= 0.3 is 0 Å². The lowest BCUT2D eigenvalue weighted by atomic mass is 10.1. The number of benzene rings is 2. The normalized spacial score (nSPS) is 20.6. The molecule has 3 rings (SSSR count). The fourth-order valence-corrected chi connectivity index (χ4v) is 3.71. The van der Waals surface area contributed by atoms with Gasteiger partial charge in [-0.25, -0.2) is 0 Å². The highest BCUT2D eigenvalue weighted by atomic mass is 31.2. The molecule has 22 heavy (non-hydrogen) atoms. The molecule has 4 heteroatoms. The predicted molar refractivity (Wildman–Crippen MR) is 90.0 cm³/mol. The first-order valence-corrected chi connectivity index (χ1v) is 9.27. The largest absolute Gasteiger partial charge is 0.497 e. The zero-order chi connectivity index (χ0) is 15.6. The molecule has 1 aliphatic rings. The highest BCUT2D eigenvalue weighted by molar-refractivity contribution is 7.69. The average Bonchev–Trinajstić information content (AvgIpc) is 2.54. The summed E-state index contributed by atoms with van der Waals surface area (Å²) < 4.78 is 23.8. The van der Waals surface area contributed by atoms with Crippen LogP contribution in [0.5, 0.6) is 5.75 Å². The lowest BCUT2D eigenvalue weighted by Crippen LogP contribution is -1.98. The first kappa shape index (κ1) is 14.7. The molecule has 0 saturated carbocycles. The number of hydrogen-bond donors (Lipinski definition) is 0. The standard InChI is InChI=1S/C18H17O3P/c1-20-16-10-8-15(9-11-16)18-13-22(2,19)12-17(21-18)14-6-4-3-5-7-14/h3-13H,1-2H3. The SMILES string of the molecule is COc1ccc(C2=CP(C)(=O)C=C(c3ccccc3)O2)cc1. The van der Waals surface area contributed by atoms with Crippen LogP contribution in [0.1, 0.15) is 11.1 Å². The van der Waals surface area contributed by atoms with Crippen molar-refractivity contribution in [2.24, 2.45) is 0 Å². The molecule has 112 valence electrons. The molecule has 1 aliphatic heterocycles. The highest BCUT2D eigenvalue weighted by Crippen LogP contribution is 2.53. The van der Waals surface area contributed by atoms with Crippen LogP contribution in [-0.4, -0.2) is 13.8 Å². The van der Waals surface area contributed by atoms with E-state index < -0.39 is 7.14 Å². The summed E-state index contributed by atoms with van der Waals surface area (Å²) in [4.78, 5) is 0. The molecule has 0 saturated heterocycles.